The summed E-state index contributed by atoms with van der Waals surface area (Å²) >= 11 is 0. The maximum atomic E-state index is 11.8. The molecule has 0 aromatic carbocycles. The van der Waals surface area contributed by atoms with Crippen molar-refractivity contribution >= 4 is 0 Å². The summed E-state index contributed by atoms with van der Waals surface area (Å²) in [7, 11) is 0. The Morgan fingerprint density at radius 2 is 2.27 bits per heavy atom. The standard InChI is InChI=1S/C7H10F2N2/c8-7(9)4-5(10)6-2-1-3-11-6/h1-3,5,7,11H,4,10H2/t5-/m0/s1. The highest BCUT2D eigenvalue weighted by Crippen LogP contribution is 2.15. The largest absolute Gasteiger partial charge is 0.364 e. The third-order valence-electron chi connectivity index (χ3n) is 1.45. The van der Waals surface area contributed by atoms with E-state index in [9.17, 15) is 8.78 Å². The minimum atomic E-state index is -2.34. The Morgan fingerprint density at radius 3 is 2.73 bits per heavy atom. The fourth-order valence-electron chi connectivity index (χ4n) is 0.894. The van der Waals surface area contributed by atoms with E-state index in [1.807, 2.05) is 0 Å². The Bertz CT molecular complexity index is 196. The number of H-pyrrole nitrogens is 1. The molecule has 1 heterocycles. The summed E-state index contributed by atoms with van der Waals surface area (Å²) in [6.07, 6.45) is -0.963. The fourth-order valence-corrected chi connectivity index (χ4v) is 0.894. The van der Waals surface area contributed by atoms with E-state index in [1.165, 1.54) is 0 Å². The number of aromatic amines is 1. The van der Waals surface area contributed by atoms with E-state index in [-0.39, 0.29) is 6.42 Å². The number of nitrogens with one attached hydrogen (secondary N) is 1. The van der Waals surface area contributed by atoms with Crippen molar-refractivity contribution in [3.8, 4) is 0 Å². The van der Waals surface area contributed by atoms with Crippen LogP contribution in [-0.2, 0) is 0 Å². The first-order chi connectivity index (χ1) is 5.20. The molecule has 0 aliphatic heterocycles. The highest BCUT2D eigenvalue weighted by molar-refractivity contribution is 5.08. The van der Waals surface area contributed by atoms with Gasteiger partial charge in [0.15, 0.2) is 0 Å². The molecule has 3 N–H and O–H groups in total. The molecule has 0 aliphatic carbocycles. The van der Waals surface area contributed by atoms with Crippen molar-refractivity contribution < 1.29 is 8.78 Å². The number of hydrogen-bond acceptors (Lipinski definition) is 1. The predicted molar refractivity (Wildman–Crippen MR) is 38.3 cm³/mol. The zero-order valence-corrected chi connectivity index (χ0v) is 5.93. The molecule has 0 aliphatic rings. The molecule has 0 spiro atoms. The van der Waals surface area contributed by atoms with Crippen molar-refractivity contribution in [2.24, 2.45) is 5.73 Å². The van der Waals surface area contributed by atoms with E-state index in [0.717, 1.165) is 0 Å². The van der Waals surface area contributed by atoms with Crippen molar-refractivity contribution in [3.63, 3.8) is 0 Å². The van der Waals surface area contributed by atoms with Crippen LogP contribution in [0.4, 0.5) is 8.78 Å². The lowest BCUT2D eigenvalue weighted by Crippen LogP contribution is -2.14. The summed E-state index contributed by atoms with van der Waals surface area (Å²) in [5.74, 6) is 0. The van der Waals surface area contributed by atoms with Gasteiger partial charge in [-0.2, -0.15) is 0 Å². The topological polar surface area (TPSA) is 41.8 Å². The van der Waals surface area contributed by atoms with E-state index in [1.54, 1.807) is 18.3 Å². The zero-order valence-electron chi connectivity index (χ0n) is 5.93. The zero-order chi connectivity index (χ0) is 8.27. The van der Waals surface area contributed by atoms with Gasteiger partial charge in [0.2, 0.25) is 6.43 Å². The van der Waals surface area contributed by atoms with Crippen molar-refractivity contribution in [3.05, 3.63) is 24.0 Å². The Morgan fingerprint density at radius 1 is 1.55 bits per heavy atom. The predicted octanol–water partition coefficient (Wildman–Crippen LogP) is 1.67. The van der Waals surface area contributed by atoms with Crippen LogP contribution in [0.2, 0.25) is 0 Å². The number of nitrogens with two attached hydrogens (primary N) is 1. The molecule has 1 rings (SSSR count). The highest BCUT2D eigenvalue weighted by atomic mass is 19.3. The van der Waals surface area contributed by atoms with Crippen LogP contribution in [0.15, 0.2) is 18.3 Å². The van der Waals surface area contributed by atoms with E-state index in [4.69, 9.17) is 5.73 Å². The first-order valence-corrected chi connectivity index (χ1v) is 3.37. The Hall–Kier alpha value is -0.900. The van der Waals surface area contributed by atoms with E-state index >= 15 is 0 Å². The van der Waals surface area contributed by atoms with Crippen LogP contribution in [0.25, 0.3) is 0 Å². The van der Waals surface area contributed by atoms with Crippen molar-refractivity contribution in [1.29, 1.82) is 0 Å². The molecular formula is C7H10F2N2. The third-order valence-corrected chi connectivity index (χ3v) is 1.45. The Balaban J connectivity index is 2.49. The molecule has 0 bridgehead atoms. The third kappa shape index (κ3) is 2.31. The molecule has 2 nitrogen and oxygen atoms in total. The van der Waals surface area contributed by atoms with Gasteiger partial charge in [-0.1, -0.05) is 0 Å². The smallest absolute Gasteiger partial charge is 0.240 e. The molecule has 62 valence electrons. The number of hydrogen-bond donors (Lipinski definition) is 2. The minimum absolute atomic E-state index is 0.291. The lowest BCUT2D eigenvalue weighted by molar-refractivity contribution is 0.128. The van der Waals surface area contributed by atoms with Crippen LogP contribution >= 0.6 is 0 Å². The number of aromatic nitrogens is 1. The lowest BCUT2D eigenvalue weighted by Gasteiger charge is -2.07. The maximum Gasteiger partial charge on any atom is 0.240 e. The van der Waals surface area contributed by atoms with Crippen molar-refractivity contribution in [2.75, 3.05) is 0 Å². The number of halogens is 2. The summed E-state index contributed by atoms with van der Waals surface area (Å²) in [4.78, 5) is 2.78. The van der Waals surface area contributed by atoms with E-state index in [0.29, 0.717) is 5.69 Å². The molecule has 11 heavy (non-hydrogen) atoms. The summed E-state index contributed by atoms with van der Waals surface area (Å²) in [6, 6.07) is 2.86. The first-order valence-electron chi connectivity index (χ1n) is 3.37. The van der Waals surface area contributed by atoms with Gasteiger partial charge in [0.1, 0.15) is 0 Å². The average Bonchev–Trinajstić information content (AvgIpc) is 2.35. The summed E-state index contributed by atoms with van der Waals surface area (Å²) in [5.41, 5.74) is 6.09. The van der Waals surface area contributed by atoms with Gasteiger partial charge < -0.3 is 10.7 Å². The molecular weight excluding hydrogens is 150 g/mol. The second-order valence-corrected chi connectivity index (χ2v) is 2.36. The van der Waals surface area contributed by atoms with E-state index in [2.05, 4.69) is 4.98 Å². The molecule has 1 aromatic rings. The first kappa shape index (κ1) is 8.20. The molecule has 4 heteroatoms. The lowest BCUT2D eigenvalue weighted by atomic mass is 10.2. The van der Waals surface area contributed by atoms with Crippen LogP contribution in [0.1, 0.15) is 18.2 Å². The highest BCUT2D eigenvalue weighted by Gasteiger charge is 2.12. The fraction of sp³-hybridized carbons (Fsp3) is 0.429. The molecule has 0 saturated heterocycles. The molecule has 0 unspecified atom stereocenters. The SMILES string of the molecule is N[C@@H](CC(F)F)c1ccc[nH]1. The van der Waals surface area contributed by atoms with Gasteiger partial charge in [0.05, 0.1) is 6.04 Å². The van der Waals surface area contributed by atoms with Gasteiger partial charge in [-0.15, -0.1) is 0 Å². The molecule has 0 radical (unpaired) electrons. The van der Waals surface area contributed by atoms with Crippen molar-refractivity contribution in [1.82, 2.24) is 4.98 Å². The second kappa shape index (κ2) is 3.48. The van der Waals surface area contributed by atoms with E-state index < -0.39 is 12.5 Å². The van der Waals surface area contributed by atoms with Gasteiger partial charge in [0.25, 0.3) is 0 Å². The summed E-state index contributed by atoms with van der Waals surface area (Å²) in [6.45, 7) is 0. The number of alkyl halides is 2. The second-order valence-electron chi connectivity index (χ2n) is 2.36. The molecule has 0 fully saturated rings. The monoisotopic (exact) mass is 160 g/mol. The molecule has 0 amide bonds. The van der Waals surface area contributed by atoms with Crippen LogP contribution in [0.5, 0.6) is 0 Å². The van der Waals surface area contributed by atoms with Crippen LogP contribution in [-0.4, -0.2) is 11.4 Å². The Labute approximate surface area is 63.4 Å². The molecule has 0 saturated carbocycles. The normalized spacial score (nSPS) is 13.8. The summed E-state index contributed by atoms with van der Waals surface area (Å²) < 4.78 is 23.6. The van der Waals surface area contributed by atoms with Crippen LogP contribution in [0, 0.1) is 0 Å². The quantitative estimate of drug-likeness (QED) is 0.693. The van der Waals surface area contributed by atoms with Gasteiger partial charge in [0, 0.05) is 18.3 Å². The van der Waals surface area contributed by atoms with Gasteiger partial charge in [-0.3, -0.25) is 0 Å². The average molecular weight is 160 g/mol. The Kier molecular flexibility index (Phi) is 2.59. The van der Waals surface area contributed by atoms with Gasteiger partial charge in [-0.25, -0.2) is 8.78 Å². The van der Waals surface area contributed by atoms with Gasteiger partial charge >= 0.3 is 0 Å². The number of rotatable bonds is 3. The maximum absolute atomic E-state index is 11.8. The molecule has 1 aromatic heterocycles. The summed E-state index contributed by atoms with van der Waals surface area (Å²) in [5, 5.41) is 0. The van der Waals surface area contributed by atoms with Crippen molar-refractivity contribution in [2.45, 2.75) is 18.9 Å². The minimum Gasteiger partial charge on any atom is -0.364 e. The van der Waals surface area contributed by atoms with Crippen LogP contribution in [0.3, 0.4) is 0 Å². The van der Waals surface area contributed by atoms with Gasteiger partial charge in [-0.05, 0) is 12.1 Å². The molecule has 1 atom stereocenters. The van der Waals surface area contributed by atoms with Crippen LogP contribution < -0.4 is 5.73 Å².